The van der Waals surface area contributed by atoms with Crippen molar-refractivity contribution < 1.29 is 19.0 Å². The van der Waals surface area contributed by atoms with Crippen LogP contribution in [0.4, 0.5) is 4.39 Å². The number of halogens is 1. The minimum atomic E-state index is -0.577. The minimum Gasteiger partial charge on any atom is -0.439 e. The van der Waals surface area contributed by atoms with Crippen LogP contribution in [-0.2, 0) is 6.54 Å². The van der Waals surface area contributed by atoms with Crippen molar-refractivity contribution in [1.82, 2.24) is 9.88 Å². The first-order valence-corrected chi connectivity index (χ1v) is 7.07. The van der Waals surface area contributed by atoms with E-state index < -0.39 is 5.41 Å². The second-order valence-electron chi connectivity index (χ2n) is 5.93. The molecule has 22 heavy (non-hydrogen) atoms. The summed E-state index contributed by atoms with van der Waals surface area (Å²) in [7, 11) is 1.86. The lowest BCUT2D eigenvalue weighted by Gasteiger charge is -2.29. The fourth-order valence-corrected chi connectivity index (χ4v) is 2.25. The monoisotopic (exact) mass is 308 g/mol. The van der Waals surface area contributed by atoms with Gasteiger partial charge < -0.3 is 14.6 Å². The summed E-state index contributed by atoms with van der Waals surface area (Å²) in [5.74, 6) is 0.684. The Morgan fingerprint density at radius 1 is 1.32 bits per heavy atom. The van der Waals surface area contributed by atoms with Gasteiger partial charge in [-0.3, -0.25) is 4.90 Å². The lowest BCUT2D eigenvalue weighted by Crippen LogP contribution is -2.38. The summed E-state index contributed by atoms with van der Waals surface area (Å²) in [5, 5.41) is 18.6. The van der Waals surface area contributed by atoms with Crippen molar-refractivity contribution in [1.29, 1.82) is 0 Å². The Kier molecular flexibility index (Phi) is 5.28. The van der Waals surface area contributed by atoms with Crippen LogP contribution in [0.2, 0.25) is 0 Å². The second kappa shape index (κ2) is 7.00. The number of hydrogen-bond donors (Lipinski definition) is 2. The molecule has 1 heterocycles. The van der Waals surface area contributed by atoms with Crippen molar-refractivity contribution in [2.24, 2.45) is 5.41 Å². The quantitative estimate of drug-likeness (QED) is 0.817. The lowest BCUT2D eigenvalue weighted by molar-refractivity contribution is 0.0383. The van der Waals surface area contributed by atoms with Gasteiger partial charge in [0.05, 0.1) is 26.0 Å². The van der Waals surface area contributed by atoms with E-state index in [1.54, 1.807) is 25.3 Å². The first-order chi connectivity index (χ1) is 10.5. The summed E-state index contributed by atoms with van der Waals surface area (Å²) in [6.07, 6.45) is 1.56. The second-order valence-corrected chi connectivity index (χ2v) is 5.93. The fraction of sp³-hybridized carbons (Fsp3) is 0.438. The molecule has 0 aliphatic carbocycles. The third-order valence-electron chi connectivity index (χ3n) is 3.48. The first-order valence-electron chi connectivity index (χ1n) is 7.07. The normalized spacial score (nSPS) is 12.1. The Morgan fingerprint density at radius 2 is 2.05 bits per heavy atom. The zero-order valence-electron chi connectivity index (χ0n) is 12.8. The predicted octanol–water partition coefficient (Wildman–Crippen LogP) is 1.90. The topological polar surface area (TPSA) is 69.7 Å². The Hall–Kier alpha value is -1.76. The molecule has 0 bridgehead atoms. The van der Waals surface area contributed by atoms with Crippen molar-refractivity contribution in [2.45, 2.75) is 13.5 Å². The molecule has 0 saturated heterocycles. The maximum absolute atomic E-state index is 13.2. The van der Waals surface area contributed by atoms with E-state index in [-0.39, 0.29) is 19.0 Å². The molecule has 0 amide bonds. The number of rotatable bonds is 7. The van der Waals surface area contributed by atoms with Gasteiger partial charge in [0, 0.05) is 17.5 Å². The fourth-order valence-electron chi connectivity index (χ4n) is 2.25. The van der Waals surface area contributed by atoms with E-state index in [0.29, 0.717) is 30.3 Å². The highest BCUT2D eigenvalue weighted by Crippen LogP contribution is 2.22. The van der Waals surface area contributed by atoms with E-state index >= 15 is 0 Å². The van der Waals surface area contributed by atoms with Gasteiger partial charge in [-0.25, -0.2) is 9.37 Å². The van der Waals surface area contributed by atoms with E-state index in [0.717, 1.165) is 0 Å². The molecule has 5 nitrogen and oxygen atoms in total. The van der Waals surface area contributed by atoms with Crippen molar-refractivity contribution in [2.75, 3.05) is 26.8 Å². The maximum Gasteiger partial charge on any atom is 0.209 e. The van der Waals surface area contributed by atoms with E-state index in [9.17, 15) is 14.6 Å². The van der Waals surface area contributed by atoms with Gasteiger partial charge in [-0.05, 0) is 19.2 Å². The van der Waals surface area contributed by atoms with Gasteiger partial charge in [-0.1, -0.05) is 19.1 Å². The van der Waals surface area contributed by atoms with Crippen LogP contribution in [0.3, 0.4) is 0 Å². The molecule has 0 unspecified atom stereocenters. The third kappa shape index (κ3) is 4.13. The van der Waals surface area contributed by atoms with Gasteiger partial charge in [-0.15, -0.1) is 0 Å². The Morgan fingerprint density at radius 3 is 2.68 bits per heavy atom. The van der Waals surface area contributed by atoms with E-state index in [4.69, 9.17) is 4.42 Å². The number of oxazole rings is 1. The van der Waals surface area contributed by atoms with Crippen LogP contribution >= 0.6 is 0 Å². The molecule has 0 aliphatic heterocycles. The molecule has 120 valence electrons. The molecule has 2 rings (SSSR count). The number of aliphatic hydroxyl groups is 2. The van der Waals surface area contributed by atoms with E-state index in [1.807, 2.05) is 11.9 Å². The molecule has 0 fully saturated rings. The summed E-state index contributed by atoms with van der Waals surface area (Å²) in [6, 6.07) is 6.14. The van der Waals surface area contributed by atoms with Crippen molar-refractivity contribution in [3.63, 3.8) is 0 Å². The average molecular weight is 308 g/mol. The van der Waals surface area contributed by atoms with Crippen LogP contribution in [0.15, 0.2) is 34.9 Å². The largest absolute Gasteiger partial charge is 0.439 e. The summed E-state index contributed by atoms with van der Waals surface area (Å²) in [4.78, 5) is 6.10. The third-order valence-corrected chi connectivity index (χ3v) is 3.48. The maximum atomic E-state index is 13.2. The van der Waals surface area contributed by atoms with Crippen molar-refractivity contribution in [3.05, 3.63) is 42.2 Å². The smallest absolute Gasteiger partial charge is 0.209 e. The van der Waals surface area contributed by atoms with E-state index in [1.165, 1.54) is 12.1 Å². The van der Waals surface area contributed by atoms with Crippen LogP contribution in [0, 0.1) is 11.2 Å². The highest BCUT2D eigenvalue weighted by Gasteiger charge is 2.25. The molecular weight excluding hydrogens is 287 g/mol. The van der Waals surface area contributed by atoms with Gasteiger partial charge in [0.2, 0.25) is 5.89 Å². The molecule has 0 spiro atoms. The van der Waals surface area contributed by atoms with Crippen LogP contribution in [-0.4, -0.2) is 46.9 Å². The van der Waals surface area contributed by atoms with Crippen molar-refractivity contribution >= 4 is 0 Å². The molecular formula is C16H21FN2O3. The van der Waals surface area contributed by atoms with Gasteiger partial charge in [-0.2, -0.15) is 0 Å². The first kappa shape index (κ1) is 16.6. The van der Waals surface area contributed by atoms with Crippen LogP contribution < -0.4 is 0 Å². The molecule has 0 radical (unpaired) electrons. The predicted molar refractivity (Wildman–Crippen MR) is 80.5 cm³/mol. The molecule has 0 aliphatic rings. The molecule has 2 aromatic rings. The van der Waals surface area contributed by atoms with Gasteiger partial charge >= 0.3 is 0 Å². The van der Waals surface area contributed by atoms with Crippen molar-refractivity contribution in [3.8, 4) is 11.3 Å². The van der Waals surface area contributed by atoms with Gasteiger partial charge in [0.25, 0.3) is 0 Å². The SMILES string of the molecule is CN(Cc1ncc(-c2cccc(F)c2)o1)CC(C)(CO)CO. The number of nitrogens with zero attached hydrogens (tertiary/aromatic N) is 2. The van der Waals surface area contributed by atoms with Crippen LogP contribution in [0.1, 0.15) is 12.8 Å². The van der Waals surface area contributed by atoms with Gasteiger partial charge in [0.1, 0.15) is 5.82 Å². The van der Waals surface area contributed by atoms with Crippen LogP contribution in [0.5, 0.6) is 0 Å². The Bertz CT molecular complexity index is 611. The number of aromatic nitrogens is 1. The molecule has 1 aromatic heterocycles. The van der Waals surface area contributed by atoms with E-state index in [2.05, 4.69) is 4.98 Å². The molecule has 6 heteroatoms. The highest BCUT2D eigenvalue weighted by atomic mass is 19.1. The standard InChI is InChI=1S/C16H21FN2O3/c1-16(10-20,11-21)9-19(2)8-15-18-7-14(22-15)12-4-3-5-13(17)6-12/h3-7,20-21H,8-11H2,1-2H3. The zero-order valence-corrected chi connectivity index (χ0v) is 12.8. The number of benzene rings is 1. The zero-order chi connectivity index (χ0) is 16.2. The number of hydrogen-bond acceptors (Lipinski definition) is 5. The van der Waals surface area contributed by atoms with Crippen LogP contribution in [0.25, 0.3) is 11.3 Å². The molecule has 1 aromatic carbocycles. The summed E-state index contributed by atoms with van der Waals surface area (Å²) in [6.45, 7) is 2.53. The molecule has 0 atom stereocenters. The Balaban J connectivity index is 2.03. The minimum absolute atomic E-state index is 0.103. The highest BCUT2D eigenvalue weighted by molar-refractivity contribution is 5.56. The van der Waals surface area contributed by atoms with Gasteiger partial charge in [0.15, 0.2) is 5.76 Å². The summed E-state index contributed by atoms with van der Waals surface area (Å²) < 4.78 is 18.8. The number of aliphatic hydroxyl groups excluding tert-OH is 2. The Labute approximate surface area is 129 Å². The molecule has 0 saturated carbocycles. The molecule has 2 N–H and O–H groups in total. The summed E-state index contributed by atoms with van der Waals surface area (Å²) in [5.41, 5.74) is 0.0594. The average Bonchev–Trinajstić information content (AvgIpc) is 2.95. The summed E-state index contributed by atoms with van der Waals surface area (Å²) >= 11 is 0. The lowest BCUT2D eigenvalue weighted by atomic mass is 9.92.